The maximum atomic E-state index is 12.2. The first-order valence-corrected chi connectivity index (χ1v) is 7.75. The molecule has 1 saturated heterocycles. The van der Waals surface area contributed by atoms with E-state index in [-0.39, 0.29) is 11.9 Å². The highest BCUT2D eigenvalue weighted by molar-refractivity contribution is 6.32. The lowest BCUT2D eigenvalue weighted by Gasteiger charge is -2.30. The fraction of sp³-hybridized carbons (Fsp3) is 0.562. The van der Waals surface area contributed by atoms with Crippen LogP contribution < -0.4 is 10.1 Å². The second-order valence-corrected chi connectivity index (χ2v) is 6.19. The zero-order valence-corrected chi connectivity index (χ0v) is 13.6. The van der Waals surface area contributed by atoms with E-state index in [9.17, 15) is 4.79 Å². The number of nitrogens with zero attached hydrogens (tertiary/aromatic N) is 1. The molecule has 1 heterocycles. The molecule has 2 rings (SSSR count). The summed E-state index contributed by atoms with van der Waals surface area (Å²) in [6, 6.07) is 5.79. The lowest BCUT2D eigenvalue weighted by Crippen LogP contribution is -2.47. The Morgan fingerprint density at radius 1 is 1.43 bits per heavy atom. The molecule has 1 N–H and O–H groups in total. The third-order valence-electron chi connectivity index (χ3n) is 3.82. The average molecular weight is 311 g/mol. The third-order valence-corrected chi connectivity index (χ3v) is 4.14. The third kappa shape index (κ3) is 4.61. The van der Waals surface area contributed by atoms with E-state index < -0.39 is 6.10 Å². The second-order valence-electron chi connectivity index (χ2n) is 5.78. The van der Waals surface area contributed by atoms with Crippen LogP contribution in [0.15, 0.2) is 18.2 Å². The first kappa shape index (κ1) is 16.1. The zero-order valence-electron chi connectivity index (χ0n) is 12.9. The number of benzene rings is 1. The van der Waals surface area contributed by atoms with Crippen LogP contribution in [0.3, 0.4) is 0 Å². The minimum absolute atomic E-state index is 0.0814. The number of piperidine rings is 1. The van der Waals surface area contributed by atoms with Gasteiger partial charge in [0.25, 0.3) is 5.91 Å². The van der Waals surface area contributed by atoms with E-state index in [1.54, 1.807) is 13.0 Å². The smallest absolute Gasteiger partial charge is 0.260 e. The Kier molecular flexibility index (Phi) is 5.48. The van der Waals surface area contributed by atoms with Gasteiger partial charge in [-0.3, -0.25) is 4.79 Å². The molecule has 4 nitrogen and oxygen atoms in total. The van der Waals surface area contributed by atoms with E-state index in [0.29, 0.717) is 10.8 Å². The number of rotatable bonds is 4. The molecule has 1 atom stereocenters. The zero-order chi connectivity index (χ0) is 15.4. The summed E-state index contributed by atoms with van der Waals surface area (Å²) in [6.07, 6.45) is 1.42. The second kappa shape index (κ2) is 7.14. The molecule has 0 aliphatic carbocycles. The van der Waals surface area contributed by atoms with Gasteiger partial charge in [-0.2, -0.15) is 0 Å². The lowest BCUT2D eigenvalue weighted by atomic mass is 10.1. The molecule has 1 fully saturated rings. The van der Waals surface area contributed by atoms with Crippen molar-refractivity contribution in [3.05, 3.63) is 28.8 Å². The van der Waals surface area contributed by atoms with Crippen molar-refractivity contribution in [2.75, 3.05) is 20.1 Å². The van der Waals surface area contributed by atoms with Gasteiger partial charge >= 0.3 is 0 Å². The predicted octanol–water partition coefficient (Wildman–Crippen LogP) is 2.63. The molecule has 5 heteroatoms. The van der Waals surface area contributed by atoms with Crippen molar-refractivity contribution in [2.45, 2.75) is 38.8 Å². The topological polar surface area (TPSA) is 41.6 Å². The first-order chi connectivity index (χ1) is 9.95. The number of hydrogen-bond donors (Lipinski definition) is 1. The van der Waals surface area contributed by atoms with Crippen molar-refractivity contribution in [1.82, 2.24) is 10.2 Å². The number of halogens is 1. The molecule has 1 aromatic carbocycles. The molecular formula is C16H23ClN2O2. The highest BCUT2D eigenvalue weighted by Crippen LogP contribution is 2.26. The van der Waals surface area contributed by atoms with Crippen molar-refractivity contribution in [1.29, 1.82) is 0 Å². The quantitative estimate of drug-likeness (QED) is 0.929. The van der Waals surface area contributed by atoms with Crippen LogP contribution in [0.4, 0.5) is 0 Å². The molecule has 1 aliphatic heterocycles. The molecule has 21 heavy (non-hydrogen) atoms. The van der Waals surface area contributed by atoms with E-state index in [4.69, 9.17) is 16.3 Å². The Labute approximate surface area is 131 Å². The van der Waals surface area contributed by atoms with Crippen LogP contribution >= 0.6 is 11.6 Å². The number of likely N-dealkylation sites (tertiary alicyclic amines) is 1. The van der Waals surface area contributed by atoms with Crippen molar-refractivity contribution >= 4 is 17.5 Å². The Bertz CT molecular complexity index is 499. The number of amides is 1. The maximum Gasteiger partial charge on any atom is 0.260 e. The lowest BCUT2D eigenvalue weighted by molar-refractivity contribution is -0.128. The van der Waals surface area contributed by atoms with Crippen LogP contribution in [0.5, 0.6) is 5.75 Å². The van der Waals surface area contributed by atoms with Crippen LogP contribution in [0, 0.1) is 6.92 Å². The minimum atomic E-state index is -0.552. The number of nitrogens with one attached hydrogen (secondary N) is 1. The molecule has 1 amide bonds. The summed E-state index contributed by atoms with van der Waals surface area (Å²) in [4.78, 5) is 14.5. The van der Waals surface area contributed by atoms with E-state index in [1.165, 1.54) is 0 Å². The minimum Gasteiger partial charge on any atom is -0.479 e. The van der Waals surface area contributed by atoms with Gasteiger partial charge in [-0.1, -0.05) is 17.7 Å². The van der Waals surface area contributed by atoms with Crippen molar-refractivity contribution in [2.24, 2.45) is 0 Å². The Hall–Kier alpha value is -1.26. The molecule has 0 aromatic heterocycles. The van der Waals surface area contributed by atoms with E-state index in [0.717, 1.165) is 31.5 Å². The number of carbonyl (C=O) groups excluding carboxylic acids is 1. The summed E-state index contributed by atoms with van der Waals surface area (Å²) < 4.78 is 5.70. The monoisotopic (exact) mass is 310 g/mol. The first-order valence-electron chi connectivity index (χ1n) is 7.37. The van der Waals surface area contributed by atoms with E-state index >= 15 is 0 Å². The van der Waals surface area contributed by atoms with Gasteiger partial charge in [0.2, 0.25) is 0 Å². The van der Waals surface area contributed by atoms with Gasteiger partial charge in [-0.05, 0) is 64.5 Å². The van der Waals surface area contributed by atoms with Crippen LogP contribution in [0.2, 0.25) is 5.02 Å². The number of carbonyl (C=O) groups is 1. The molecular weight excluding hydrogens is 288 g/mol. The fourth-order valence-electron chi connectivity index (χ4n) is 2.42. The summed E-state index contributed by atoms with van der Waals surface area (Å²) in [6.45, 7) is 5.75. The van der Waals surface area contributed by atoms with Crippen molar-refractivity contribution in [3.8, 4) is 5.75 Å². The maximum absolute atomic E-state index is 12.2. The molecule has 0 spiro atoms. The molecule has 0 saturated carbocycles. The SMILES string of the molecule is Cc1ccc(Cl)c(O[C@@H](C)C(=O)NC2CCN(C)CC2)c1. The number of aryl methyl sites for hydroxylation is 1. The molecule has 0 unspecified atom stereocenters. The van der Waals surface area contributed by atoms with Gasteiger partial charge in [0.15, 0.2) is 6.10 Å². The van der Waals surface area contributed by atoms with Crippen LogP contribution in [-0.4, -0.2) is 43.1 Å². The Balaban J connectivity index is 1.89. The van der Waals surface area contributed by atoms with Crippen LogP contribution in [0.1, 0.15) is 25.3 Å². The van der Waals surface area contributed by atoms with Gasteiger partial charge in [0.05, 0.1) is 5.02 Å². The molecule has 1 aromatic rings. The summed E-state index contributed by atoms with van der Waals surface area (Å²) in [7, 11) is 2.10. The Morgan fingerprint density at radius 2 is 2.10 bits per heavy atom. The van der Waals surface area contributed by atoms with E-state index in [1.807, 2.05) is 19.1 Å². The number of ether oxygens (including phenoxy) is 1. The largest absolute Gasteiger partial charge is 0.479 e. The van der Waals surface area contributed by atoms with Crippen LogP contribution in [0.25, 0.3) is 0 Å². The summed E-state index contributed by atoms with van der Waals surface area (Å²) in [5.74, 6) is 0.477. The normalized spacial score (nSPS) is 18.3. The van der Waals surface area contributed by atoms with Crippen molar-refractivity contribution in [3.63, 3.8) is 0 Å². The average Bonchev–Trinajstić information content (AvgIpc) is 2.45. The highest BCUT2D eigenvalue weighted by atomic mass is 35.5. The predicted molar refractivity (Wildman–Crippen MR) is 84.9 cm³/mol. The molecule has 116 valence electrons. The van der Waals surface area contributed by atoms with Gasteiger partial charge in [0, 0.05) is 6.04 Å². The summed E-state index contributed by atoms with van der Waals surface area (Å²) in [5.41, 5.74) is 1.05. The van der Waals surface area contributed by atoms with E-state index in [2.05, 4.69) is 17.3 Å². The molecule has 0 bridgehead atoms. The summed E-state index contributed by atoms with van der Waals surface area (Å²) in [5, 5.41) is 3.59. The van der Waals surface area contributed by atoms with Gasteiger partial charge in [0.1, 0.15) is 5.75 Å². The van der Waals surface area contributed by atoms with Crippen LogP contribution in [-0.2, 0) is 4.79 Å². The molecule has 1 aliphatic rings. The summed E-state index contributed by atoms with van der Waals surface area (Å²) >= 11 is 6.09. The Morgan fingerprint density at radius 3 is 2.76 bits per heavy atom. The van der Waals surface area contributed by atoms with Gasteiger partial charge in [-0.15, -0.1) is 0 Å². The molecule has 0 radical (unpaired) electrons. The van der Waals surface area contributed by atoms with Gasteiger partial charge in [-0.25, -0.2) is 0 Å². The van der Waals surface area contributed by atoms with Crippen molar-refractivity contribution < 1.29 is 9.53 Å². The van der Waals surface area contributed by atoms with Gasteiger partial charge < -0.3 is 15.0 Å². The highest BCUT2D eigenvalue weighted by Gasteiger charge is 2.22. The fourth-order valence-corrected chi connectivity index (χ4v) is 2.58. The number of hydrogen-bond acceptors (Lipinski definition) is 3. The standard InChI is InChI=1S/C16H23ClN2O2/c1-11-4-5-14(17)15(10-11)21-12(2)16(20)18-13-6-8-19(3)9-7-13/h4-5,10,12-13H,6-9H2,1-3H3,(H,18,20)/t12-/m0/s1.